The minimum absolute atomic E-state index is 0.435. The molecule has 0 bridgehead atoms. The van der Waals surface area contributed by atoms with Crippen molar-refractivity contribution in [2.24, 2.45) is 11.3 Å². The van der Waals surface area contributed by atoms with E-state index in [1.807, 2.05) is 0 Å². The van der Waals surface area contributed by atoms with Crippen molar-refractivity contribution >= 4 is 0 Å². The van der Waals surface area contributed by atoms with Crippen LogP contribution in [0.4, 0.5) is 0 Å². The summed E-state index contributed by atoms with van der Waals surface area (Å²) in [5.41, 5.74) is 0.435. The molecule has 0 spiro atoms. The Balaban J connectivity index is 2.49. The first kappa shape index (κ1) is 10.7. The van der Waals surface area contributed by atoms with Crippen molar-refractivity contribution < 1.29 is 5.11 Å². The quantitative estimate of drug-likeness (QED) is 0.672. The minimum atomic E-state index is -0.446. The molecule has 0 aromatic rings. The van der Waals surface area contributed by atoms with Gasteiger partial charge in [0.1, 0.15) is 6.23 Å². The van der Waals surface area contributed by atoms with Gasteiger partial charge in [0.15, 0.2) is 0 Å². The standard InChI is InChI=1S/C11H21NO/c1-5-10(13)12-7-11(6-2,8-12)9(3)4/h5,9-10,13H,1,6-8H2,2-4H3. The first-order valence-corrected chi connectivity index (χ1v) is 5.10. The van der Waals surface area contributed by atoms with Crippen molar-refractivity contribution in [3.63, 3.8) is 0 Å². The van der Waals surface area contributed by atoms with E-state index < -0.39 is 6.23 Å². The van der Waals surface area contributed by atoms with Gasteiger partial charge in [-0.05, 0) is 23.8 Å². The molecule has 1 unspecified atom stereocenters. The summed E-state index contributed by atoms with van der Waals surface area (Å²) < 4.78 is 0. The summed E-state index contributed by atoms with van der Waals surface area (Å²) in [6.07, 6.45) is 2.35. The third-order valence-corrected chi connectivity index (χ3v) is 3.55. The third-order valence-electron chi connectivity index (χ3n) is 3.55. The summed E-state index contributed by atoms with van der Waals surface area (Å²) in [4.78, 5) is 2.07. The van der Waals surface area contributed by atoms with E-state index in [0.29, 0.717) is 11.3 Å². The molecule has 2 heteroatoms. The van der Waals surface area contributed by atoms with Crippen molar-refractivity contribution in [1.82, 2.24) is 4.90 Å². The lowest BCUT2D eigenvalue weighted by Gasteiger charge is -2.54. The lowest BCUT2D eigenvalue weighted by atomic mass is 9.69. The summed E-state index contributed by atoms with van der Waals surface area (Å²) in [7, 11) is 0. The molecule has 1 rings (SSSR count). The molecule has 1 N–H and O–H groups in total. The zero-order chi connectivity index (χ0) is 10.1. The van der Waals surface area contributed by atoms with Gasteiger partial charge in [0.2, 0.25) is 0 Å². The molecule has 1 atom stereocenters. The van der Waals surface area contributed by atoms with Crippen LogP contribution in [0.3, 0.4) is 0 Å². The number of nitrogens with zero attached hydrogens (tertiary/aromatic N) is 1. The van der Waals surface area contributed by atoms with E-state index in [1.54, 1.807) is 6.08 Å². The molecule has 2 nitrogen and oxygen atoms in total. The molecule has 13 heavy (non-hydrogen) atoms. The molecule has 1 heterocycles. The Kier molecular flexibility index (Phi) is 3.14. The third kappa shape index (κ3) is 1.79. The van der Waals surface area contributed by atoms with Gasteiger partial charge in [0.25, 0.3) is 0 Å². The fraction of sp³-hybridized carbons (Fsp3) is 0.818. The highest BCUT2D eigenvalue weighted by Crippen LogP contribution is 2.41. The normalized spacial score (nSPS) is 24.1. The van der Waals surface area contributed by atoms with Crippen LogP contribution in [0.1, 0.15) is 27.2 Å². The predicted octanol–water partition coefficient (Wildman–Crippen LogP) is 1.86. The Bertz CT molecular complexity index is 183. The summed E-state index contributed by atoms with van der Waals surface area (Å²) >= 11 is 0. The molecule has 0 aliphatic carbocycles. The largest absolute Gasteiger partial charge is 0.375 e. The van der Waals surface area contributed by atoms with Crippen LogP contribution in [0.15, 0.2) is 12.7 Å². The Morgan fingerprint density at radius 2 is 2.08 bits per heavy atom. The SMILES string of the molecule is C=CC(O)N1CC(CC)(C(C)C)C1. The van der Waals surface area contributed by atoms with E-state index in [2.05, 4.69) is 32.3 Å². The topological polar surface area (TPSA) is 23.5 Å². The number of aliphatic hydroxyl groups excluding tert-OH is 1. The second-order valence-electron chi connectivity index (χ2n) is 4.42. The van der Waals surface area contributed by atoms with Gasteiger partial charge in [-0.15, -0.1) is 0 Å². The van der Waals surface area contributed by atoms with Crippen molar-refractivity contribution in [2.45, 2.75) is 33.4 Å². The van der Waals surface area contributed by atoms with Crippen LogP contribution in [-0.2, 0) is 0 Å². The van der Waals surface area contributed by atoms with E-state index >= 15 is 0 Å². The first-order chi connectivity index (χ1) is 6.05. The van der Waals surface area contributed by atoms with E-state index in [-0.39, 0.29) is 0 Å². The summed E-state index contributed by atoms with van der Waals surface area (Å²) in [6.45, 7) is 12.4. The van der Waals surface area contributed by atoms with E-state index in [1.165, 1.54) is 6.42 Å². The molecule has 1 fully saturated rings. The van der Waals surface area contributed by atoms with Gasteiger partial charge < -0.3 is 5.11 Å². The maximum absolute atomic E-state index is 9.50. The lowest BCUT2D eigenvalue weighted by molar-refractivity contribution is -0.111. The zero-order valence-corrected chi connectivity index (χ0v) is 8.95. The highest BCUT2D eigenvalue weighted by Gasteiger charge is 2.45. The Morgan fingerprint density at radius 3 is 2.38 bits per heavy atom. The van der Waals surface area contributed by atoms with Crippen molar-refractivity contribution in [1.29, 1.82) is 0 Å². The fourth-order valence-electron chi connectivity index (χ4n) is 2.10. The van der Waals surface area contributed by atoms with Gasteiger partial charge in [-0.25, -0.2) is 0 Å². The van der Waals surface area contributed by atoms with Crippen LogP contribution in [0.5, 0.6) is 0 Å². The molecule has 1 aliphatic heterocycles. The second kappa shape index (κ2) is 3.81. The van der Waals surface area contributed by atoms with Gasteiger partial charge in [-0.1, -0.05) is 27.4 Å². The fourth-order valence-corrected chi connectivity index (χ4v) is 2.10. The predicted molar refractivity (Wildman–Crippen MR) is 55.3 cm³/mol. The van der Waals surface area contributed by atoms with Crippen LogP contribution in [0.25, 0.3) is 0 Å². The molecule has 76 valence electrons. The van der Waals surface area contributed by atoms with Gasteiger partial charge in [-0.3, -0.25) is 4.90 Å². The molecular weight excluding hydrogens is 162 g/mol. The number of rotatable bonds is 4. The maximum atomic E-state index is 9.50. The molecule has 0 aromatic carbocycles. The summed E-state index contributed by atoms with van der Waals surface area (Å²) in [5.74, 6) is 0.700. The Labute approximate surface area is 81.2 Å². The number of hydrogen-bond donors (Lipinski definition) is 1. The van der Waals surface area contributed by atoms with Crippen LogP contribution < -0.4 is 0 Å². The van der Waals surface area contributed by atoms with Crippen molar-refractivity contribution in [3.8, 4) is 0 Å². The van der Waals surface area contributed by atoms with Gasteiger partial charge >= 0.3 is 0 Å². The van der Waals surface area contributed by atoms with Gasteiger partial charge in [-0.2, -0.15) is 0 Å². The number of likely N-dealkylation sites (tertiary alicyclic amines) is 1. The molecule has 0 saturated carbocycles. The van der Waals surface area contributed by atoms with Crippen LogP contribution >= 0.6 is 0 Å². The van der Waals surface area contributed by atoms with Gasteiger partial charge in [0, 0.05) is 13.1 Å². The average Bonchev–Trinajstić information content (AvgIpc) is 2.02. The molecule has 0 radical (unpaired) electrons. The average molecular weight is 183 g/mol. The second-order valence-corrected chi connectivity index (χ2v) is 4.42. The molecular formula is C11H21NO. The van der Waals surface area contributed by atoms with Gasteiger partial charge in [0.05, 0.1) is 0 Å². The molecule has 1 aliphatic rings. The van der Waals surface area contributed by atoms with E-state index in [0.717, 1.165) is 13.1 Å². The summed E-state index contributed by atoms with van der Waals surface area (Å²) in [6, 6.07) is 0. The van der Waals surface area contributed by atoms with Crippen LogP contribution in [-0.4, -0.2) is 29.3 Å². The Hall–Kier alpha value is -0.340. The van der Waals surface area contributed by atoms with E-state index in [4.69, 9.17) is 0 Å². The maximum Gasteiger partial charge on any atom is 0.126 e. The van der Waals surface area contributed by atoms with Crippen molar-refractivity contribution in [2.75, 3.05) is 13.1 Å². The first-order valence-electron chi connectivity index (χ1n) is 5.10. The van der Waals surface area contributed by atoms with E-state index in [9.17, 15) is 5.11 Å². The highest BCUT2D eigenvalue weighted by molar-refractivity contribution is 4.99. The van der Waals surface area contributed by atoms with Crippen LogP contribution in [0.2, 0.25) is 0 Å². The smallest absolute Gasteiger partial charge is 0.126 e. The number of aliphatic hydroxyl groups is 1. The monoisotopic (exact) mass is 183 g/mol. The zero-order valence-electron chi connectivity index (χ0n) is 8.95. The molecule has 0 amide bonds. The number of hydrogen-bond acceptors (Lipinski definition) is 2. The Morgan fingerprint density at radius 1 is 1.54 bits per heavy atom. The summed E-state index contributed by atoms with van der Waals surface area (Å²) in [5, 5.41) is 9.50. The molecule has 0 aromatic heterocycles. The minimum Gasteiger partial charge on any atom is -0.375 e. The lowest BCUT2D eigenvalue weighted by Crippen LogP contribution is -2.61. The molecule has 1 saturated heterocycles. The van der Waals surface area contributed by atoms with Crippen LogP contribution in [0, 0.1) is 11.3 Å². The van der Waals surface area contributed by atoms with Crippen molar-refractivity contribution in [3.05, 3.63) is 12.7 Å². The highest BCUT2D eigenvalue weighted by atomic mass is 16.3.